The average Bonchev–Trinajstić information content (AvgIpc) is 2.78. The first-order valence-electron chi connectivity index (χ1n) is 10.3. The molecule has 0 N–H and O–H groups in total. The second kappa shape index (κ2) is 8.74. The molecule has 2 aromatic rings. The lowest BCUT2D eigenvalue weighted by molar-refractivity contribution is 0.0180. The number of hydrogen-bond acceptors (Lipinski definition) is 5. The Morgan fingerprint density at radius 1 is 1.10 bits per heavy atom. The van der Waals surface area contributed by atoms with Gasteiger partial charge < -0.3 is 9.64 Å². The monoisotopic (exact) mass is 393 g/mol. The standard InChI is InChI=1S/C23H27N3O3/c1-29-23(28)18-9-7-17(8-10-18)15-25-14-11-21-19(16-25)5-4-13-26(21)22(27)20-6-2-3-12-24-20/h2-3,6-10,12,19,21H,4-5,11,13-16H2,1H3/t19-,21+/m1/s1. The number of fused-ring (bicyclic) bond motifs is 1. The predicted octanol–water partition coefficient (Wildman–Crippen LogP) is 2.99. The van der Waals surface area contributed by atoms with E-state index in [4.69, 9.17) is 4.74 Å². The summed E-state index contributed by atoms with van der Waals surface area (Å²) < 4.78 is 4.76. The normalized spacial score (nSPS) is 22.0. The van der Waals surface area contributed by atoms with Gasteiger partial charge in [-0.25, -0.2) is 4.79 Å². The van der Waals surface area contributed by atoms with E-state index in [1.165, 1.54) is 12.7 Å². The zero-order valence-corrected chi connectivity index (χ0v) is 16.8. The minimum atomic E-state index is -0.308. The molecule has 2 atom stereocenters. The van der Waals surface area contributed by atoms with E-state index < -0.39 is 0 Å². The molecule has 6 heteroatoms. The molecule has 0 aliphatic carbocycles. The van der Waals surface area contributed by atoms with E-state index in [-0.39, 0.29) is 11.9 Å². The van der Waals surface area contributed by atoms with Crippen LogP contribution >= 0.6 is 0 Å². The molecule has 3 heterocycles. The van der Waals surface area contributed by atoms with Crippen LogP contribution < -0.4 is 0 Å². The van der Waals surface area contributed by atoms with E-state index in [1.807, 2.05) is 36.4 Å². The Kier molecular flexibility index (Phi) is 5.90. The third-order valence-electron chi connectivity index (χ3n) is 6.08. The number of pyridine rings is 1. The second-order valence-corrected chi connectivity index (χ2v) is 7.90. The Bertz CT molecular complexity index is 853. The van der Waals surface area contributed by atoms with Gasteiger partial charge in [0, 0.05) is 38.4 Å². The van der Waals surface area contributed by atoms with E-state index in [9.17, 15) is 9.59 Å². The Hall–Kier alpha value is -2.73. The van der Waals surface area contributed by atoms with E-state index in [0.717, 1.165) is 45.4 Å². The summed E-state index contributed by atoms with van der Waals surface area (Å²) in [5.41, 5.74) is 2.31. The van der Waals surface area contributed by atoms with Crippen LogP contribution in [0.15, 0.2) is 48.7 Å². The van der Waals surface area contributed by atoms with Crippen LogP contribution in [0, 0.1) is 5.92 Å². The van der Waals surface area contributed by atoms with Crippen molar-refractivity contribution in [1.82, 2.24) is 14.8 Å². The van der Waals surface area contributed by atoms with E-state index in [0.29, 0.717) is 23.2 Å². The first-order chi connectivity index (χ1) is 14.2. The maximum Gasteiger partial charge on any atom is 0.337 e. The number of hydrogen-bond donors (Lipinski definition) is 0. The van der Waals surface area contributed by atoms with Crippen molar-refractivity contribution in [2.24, 2.45) is 5.92 Å². The summed E-state index contributed by atoms with van der Waals surface area (Å²) in [5, 5.41) is 0. The first kappa shape index (κ1) is 19.6. The molecule has 0 radical (unpaired) electrons. The van der Waals surface area contributed by atoms with Gasteiger partial charge in [-0.15, -0.1) is 0 Å². The number of likely N-dealkylation sites (tertiary alicyclic amines) is 2. The number of carbonyl (C=O) groups is 2. The Balaban J connectivity index is 1.39. The number of nitrogens with zero attached hydrogens (tertiary/aromatic N) is 3. The van der Waals surface area contributed by atoms with Crippen LogP contribution in [-0.2, 0) is 11.3 Å². The Labute approximate surface area is 171 Å². The van der Waals surface area contributed by atoms with E-state index >= 15 is 0 Å². The van der Waals surface area contributed by atoms with Crippen LogP contribution in [0.5, 0.6) is 0 Å². The fourth-order valence-electron chi connectivity index (χ4n) is 4.63. The molecule has 152 valence electrons. The number of piperidine rings is 2. The maximum absolute atomic E-state index is 13.0. The number of aromatic nitrogens is 1. The van der Waals surface area contributed by atoms with Crippen LogP contribution in [0.25, 0.3) is 0 Å². The minimum Gasteiger partial charge on any atom is -0.465 e. The number of rotatable bonds is 4. The molecule has 0 saturated carbocycles. The van der Waals surface area contributed by atoms with Crippen molar-refractivity contribution in [3.05, 3.63) is 65.5 Å². The van der Waals surface area contributed by atoms with Crippen LogP contribution in [-0.4, -0.2) is 59.4 Å². The largest absolute Gasteiger partial charge is 0.465 e. The van der Waals surface area contributed by atoms with Gasteiger partial charge >= 0.3 is 5.97 Å². The van der Waals surface area contributed by atoms with Crippen molar-refractivity contribution in [2.45, 2.75) is 31.8 Å². The summed E-state index contributed by atoms with van der Waals surface area (Å²) in [5.74, 6) is 0.254. The van der Waals surface area contributed by atoms with Gasteiger partial charge in [0.15, 0.2) is 0 Å². The predicted molar refractivity (Wildman–Crippen MR) is 109 cm³/mol. The van der Waals surface area contributed by atoms with Crippen LogP contribution in [0.3, 0.4) is 0 Å². The van der Waals surface area contributed by atoms with Crippen LogP contribution in [0.4, 0.5) is 0 Å². The summed E-state index contributed by atoms with van der Waals surface area (Å²) >= 11 is 0. The highest BCUT2D eigenvalue weighted by Crippen LogP contribution is 2.32. The third kappa shape index (κ3) is 4.32. The fourth-order valence-corrected chi connectivity index (χ4v) is 4.63. The molecule has 0 spiro atoms. The van der Waals surface area contributed by atoms with Crippen molar-refractivity contribution in [1.29, 1.82) is 0 Å². The second-order valence-electron chi connectivity index (χ2n) is 7.90. The topological polar surface area (TPSA) is 62.7 Å². The lowest BCUT2D eigenvalue weighted by Crippen LogP contribution is -2.55. The van der Waals surface area contributed by atoms with Crippen molar-refractivity contribution in [3.8, 4) is 0 Å². The summed E-state index contributed by atoms with van der Waals surface area (Å²) in [6.07, 6.45) is 4.88. The number of methoxy groups -OCH3 is 1. The van der Waals surface area contributed by atoms with Crippen molar-refractivity contribution in [2.75, 3.05) is 26.7 Å². The third-order valence-corrected chi connectivity index (χ3v) is 6.08. The molecule has 0 bridgehead atoms. The molecule has 29 heavy (non-hydrogen) atoms. The molecule has 1 amide bonds. The van der Waals surface area contributed by atoms with Crippen LogP contribution in [0.1, 0.15) is 45.7 Å². The Morgan fingerprint density at radius 3 is 2.66 bits per heavy atom. The van der Waals surface area contributed by atoms with Gasteiger partial charge in [-0.05, 0) is 55.0 Å². The van der Waals surface area contributed by atoms with E-state index in [2.05, 4.69) is 14.8 Å². The molecular formula is C23H27N3O3. The highest BCUT2D eigenvalue weighted by Gasteiger charge is 2.38. The molecule has 0 unspecified atom stereocenters. The van der Waals surface area contributed by atoms with Gasteiger partial charge in [-0.3, -0.25) is 14.7 Å². The molecule has 2 fully saturated rings. The van der Waals surface area contributed by atoms with Gasteiger partial charge in [0.25, 0.3) is 5.91 Å². The molecule has 1 aromatic heterocycles. The zero-order valence-electron chi connectivity index (χ0n) is 16.8. The first-order valence-corrected chi connectivity index (χ1v) is 10.3. The van der Waals surface area contributed by atoms with Gasteiger partial charge in [0.1, 0.15) is 5.69 Å². The number of esters is 1. The maximum atomic E-state index is 13.0. The minimum absolute atomic E-state index is 0.0622. The molecule has 2 aliphatic rings. The van der Waals surface area contributed by atoms with Crippen molar-refractivity contribution >= 4 is 11.9 Å². The molecule has 4 rings (SSSR count). The fraction of sp³-hybridized carbons (Fsp3) is 0.435. The van der Waals surface area contributed by atoms with Gasteiger partial charge in [0.05, 0.1) is 12.7 Å². The van der Waals surface area contributed by atoms with Gasteiger partial charge in [-0.1, -0.05) is 18.2 Å². The molecular weight excluding hydrogens is 366 g/mol. The highest BCUT2D eigenvalue weighted by atomic mass is 16.5. The molecule has 1 aromatic carbocycles. The van der Waals surface area contributed by atoms with Crippen molar-refractivity contribution in [3.63, 3.8) is 0 Å². The van der Waals surface area contributed by atoms with Gasteiger partial charge in [-0.2, -0.15) is 0 Å². The SMILES string of the molecule is COC(=O)c1ccc(CN2CC[C@H]3[C@H](CCCN3C(=O)c3ccccn3)C2)cc1. The zero-order chi connectivity index (χ0) is 20.2. The van der Waals surface area contributed by atoms with Crippen molar-refractivity contribution < 1.29 is 14.3 Å². The highest BCUT2D eigenvalue weighted by molar-refractivity contribution is 5.92. The summed E-state index contributed by atoms with van der Waals surface area (Å²) in [6.45, 7) is 3.64. The van der Waals surface area contributed by atoms with Gasteiger partial charge in [0.2, 0.25) is 0 Å². The summed E-state index contributed by atoms with van der Waals surface area (Å²) in [6, 6.07) is 13.5. The van der Waals surface area contributed by atoms with Crippen LogP contribution in [0.2, 0.25) is 0 Å². The molecule has 6 nitrogen and oxygen atoms in total. The summed E-state index contributed by atoms with van der Waals surface area (Å²) in [7, 11) is 1.40. The lowest BCUT2D eigenvalue weighted by atomic mass is 9.83. The number of amides is 1. The molecule has 2 aliphatic heterocycles. The lowest BCUT2D eigenvalue weighted by Gasteiger charge is -2.47. The number of benzene rings is 1. The summed E-state index contributed by atoms with van der Waals surface area (Å²) in [4.78, 5) is 33.3. The number of ether oxygens (including phenoxy) is 1. The Morgan fingerprint density at radius 2 is 1.93 bits per heavy atom. The average molecular weight is 393 g/mol. The smallest absolute Gasteiger partial charge is 0.337 e. The quantitative estimate of drug-likeness (QED) is 0.748. The number of carbonyl (C=O) groups excluding carboxylic acids is 2. The molecule has 2 saturated heterocycles. The van der Waals surface area contributed by atoms with E-state index in [1.54, 1.807) is 12.3 Å².